The maximum atomic E-state index is 12.7. The van der Waals surface area contributed by atoms with Crippen molar-refractivity contribution in [3.05, 3.63) is 54.1 Å². The van der Waals surface area contributed by atoms with Crippen molar-refractivity contribution in [2.45, 2.75) is 63.5 Å². The van der Waals surface area contributed by atoms with E-state index in [0.29, 0.717) is 11.3 Å². The highest BCUT2D eigenvalue weighted by atomic mass is 16.5. The molecule has 4 rings (SSSR count). The smallest absolute Gasteiger partial charge is 0.253 e. The number of para-hydroxylation sites is 3. The van der Waals surface area contributed by atoms with Crippen LogP contribution in [0.25, 0.3) is 0 Å². The van der Waals surface area contributed by atoms with E-state index >= 15 is 0 Å². The molecule has 2 aromatic rings. The minimum Gasteiger partial charge on any atom is -0.488 e. The van der Waals surface area contributed by atoms with E-state index in [1.807, 2.05) is 36.4 Å². The van der Waals surface area contributed by atoms with E-state index in [-0.39, 0.29) is 30.5 Å². The Morgan fingerprint density at radius 2 is 1.48 bits per heavy atom. The molecular formula is C25H31N3O3. The summed E-state index contributed by atoms with van der Waals surface area (Å²) in [6, 6.07) is 15.1. The number of carbonyl (C=O) groups excluding carboxylic acids is 2. The minimum atomic E-state index is -0.211. The summed E-state index contributed by atoms with van der Waals surface area (Å²) in [5, 5.41) is 9.14. The van der Waals surface area contributed by atoms with Gasteiger partial charge in [0.1, 0.15) is 5.75 Å². The summed E-state index contributed by atoms with van der Waals surface area (Å²) in [5.41, 5.74) is 1.82. The van der Waals surface area contributed by atoms with Crippen molar-refractivity contribution in [1.29, 1.82) is 0 Å². The van der Waals surface area contributed by atoms with Crippen LogP contribution in [-0.4, -0.2) is 30.5 Å². The van der Waals surface area contributed by atoms with Crippen LogP contribution in [0.2, 0.25) is 0 Å². The van der Waals surface area contributed by atoms with Crippen molar-refractivity contribution < 1.29 is 14.3 Å². The van der Waals surface area contributed by atoms with Crippen molar-refractivity contribution in [3.8, 4) is 5.75 Å². The zero-order chi connectivity index (χ0) is 21.5. The quantitative estimate of drug-likeness (QED) is 0.576. The molecule has 0 unspecified atom stereocenters. The van der Waals surface area contributed by atoms with Crippen LogP contribution >= 0.6 is 0 Å². The molecule has 2 saturated carbocycles. The van der Waals surface area contributed by atoms with Crippen LogP contribution in [0.5, 0.6) is 5.75 Å². The van der Waals surface area contributed by atoms with Crippen LogP contribution in [0.1, 0.15) is 61.7 Å². The first-order chi connectivity index (χ1) is 15.2. The van der Waals surface area contributed by atoms with Gasteiger partial charge in [0.2, 0.25) is 5.91 Å². The van der Waals surface area contributed by atoms with Crippen LogP contribution in [-0.2, 0) is 4.79 Å². The fourth-order valence-corrected chi connectivity index (χ4v) is 4.39. The van der Waals surface area contributed by atoms with Crippen LogP contribution in [0.15, 0.2) is 48.5 Å². The minimum absolute atomic E-state index is 0.0869. The van der Waals surface area contributed by atoms with Gasteiger partial charge in [-0.2, -0.15) is 0 Å². The van der Waals surface area contributed by atoms with E-state index < -0.39 is 0 Å². The highest BCUT2D eigenvalue weighted by Gasteiger charge is 2.21. The van der Waals surface area contributed by atoms with Crippen molar-refractivity contribution >= 4 is 23.2 Å². The molecule has 3 N–H and O–H groups in total. The van der Waals surface area contributed by atoms with Crippen molar-refractivity contribution in [2.75, 3.05) is 17.2 Å². The lowest BCUT2D eigenvalue weighted by Crippen LogP contribution is -2.33. The van der Waals surface area contributed by atoms with Crippen molar-refractivity contribution in [1.82, 2.24) is 5.32 Å². The average Bonchev–Trinajstić information content (AvgIpc) is 3.48. The lowest BCUT2D eigenvalue weighted by molar-refractivity contribution is -0.114. The van der Waals surface area contributed by atoms with Crippen LogP contribution in [0.3, 0.4) is 0 Å². The highest BCUT2D eigenvalue weighted by Crippen LogP contribution is 2.29. The lowest BCUT2D eigenvalue weighted by atomic mass is 10.1. The zero-order valence-electron chi connectivity index (χ0n) is 17.9. The highest BCUT2D eigenvalue weighted by molar-refractivity contribution is 6.04. The number of hydrogen-bond donors (Lipinski definition) is 3. The molecule has 0 spiro atoms. The number of hydrogen-bond acceptors (Lipinski definition) is 4. The van der Waals surface area contributed by atoms with Gasteiger partial charge in [-0.1, -0.05) is 37.1 Å². The molecule has 0 aromatic heterocycles. The third kappa shape index (κ3) is 5.78. The predicted molar refractivity (Wildman–Crippen MR) is 123 cm³/mol. The van der Waals surface area contributed by atoms with E-state index in [1.165, 1.54) is 12.8 Å². The van der Waals surface area contributed by atoms with Crippen LogP contribution in [0, 0.1) is 0 Å². The number of benzene rings is 2. The summed E-state index contributed by atoms with van der Waals surface area (Å²) in [4.78, 5) is 25.3. The Kier molecular flexibility index (Phi) is 7.07. The van der Waals surface area contributed by atoms with Gasteiger partial charge in [-0.05, 0) is 62.8 Å². The average molecular weight is 422 g/mol. The number of ether oxygens (including phenoxy) is 1. The summed E-state index contributed by atoms with van der Waals surface area (Å²) < 4.78 is 6.12. The number of carbonyl (C=O) groups is 2. The molecule has 0 atom stereocenters. The Labute approximate surface area is 183 Å². The summed E-state index contributed by atoms with van der Waals surface area (Å²) in [6.07, 6.45) is 9.17. The fraction of sp³-hybridized carbons (Fsp3) is 0.440. The Morgan fingerprint density at radius 3 is 2.26 bits per heavy atom. The van der Waals surface area contributed by atoms with E-state index in [4.69, 9.17) is 4.74 Å². The second-order valence-electron chi connectivity index (χ2n) is 8.42. The Bertz CT molecular complexity index is 902. The lowest BCUT2D eigenvalue weighted by Gasteiger charge is -2.18. The summed E-state index contributed by atoms with van der Waals surface area (Å²) >= 11 is 0. The molecule has 2 fully saturated rings. The normalized spacial score (nSPS) is 16.8. The van der Waals surface area contributed by atoms with Gasteiger partial charge in [-0.15, -0.1) is 0 Å². The Balaban J connectivity index is 1.35. The molecule has 0 saturated heterocycles. The topological polar surface area (TPSA) is 79.5 Å². The third-order valence-corrected chi connectivity index (χ3v) is 6.06. The zero-order valence-corrected chi connectivity index (χ0v) is 17.9. The molecule has 0 aliphatic heterocycles. The molecule has 31 heavy (non-hydrogen) atoms. The van der Waals surface area contributed by atoms with Crippen LogP contribution in [0.4, 0.5) is 11.4 Å². The predicted octanol–water partition coefficient (Wildman–Crippen LogP) is 4.73. The Hall–Kier alpha value is -3.02. The molecule has 2 aliphatic rings. The van der Waals surface area contributed by atoms with Gasteiger partial charge in [0.05, 0.1) is 29.6 Å². The SMILES string of the molecule is O=C(CNc1ccccc1OC1CCCC1)Nc1ccccc1C(=O)NC1CCCC1. The molecule has 0 bridgehead atoms. The van der Waals surface area contributed by atoms with Gasteiger partial charge in [0, 0.05) is 6.04 Å². The first-order valence-electron chi connectivity index (χ1n) is 11.4. The molecular weight excluding hydrogens is 390 g/mol. The standard InChI is InChI=1S/C25H31N3O3/c29-24(17-26-22-15-7-8-16-23(22)31-19-11-3-4-12-19)28-21-14-6-5-13-20(21)25(30)27-18-9-1-2-10-18/h5-8,13-16,18-19,26H,1-4,9-12,17H2,(H,27,30)(H,28,29). The van der Waals surface area contributed by atoms with Gasteiger partial charge < -0.3 is 20.7 Å². The number of nitrogens with one attached hydrogen (secondary N) is 3. The number of amides is 2. The summed E-state index contributed by atoms with van der Waals surface area (Å²) in [7, 11) is 0. The molecule has 164 valence electrons. The van der Waals surface area contributed by atoms with E-state index in [1.54, 1.807) is 12.1 Å². The maximum absolute atomic E-state index is 12.7. The fourth-order valence-electron chi connectivity index (χ4n) is 4.39. The second-order valence-corrected chi connectivity index (χ2v) is 8.42. The molecule has 0 radical (unpaired) electrons. The molecule has 2 aromatic carbocycles. The van der Waals surface area contributed by atoms with Crippen molar-refractivity contribution in [2.24, 2.45) is 0 Å². The molecule has 2 aliphatic carbocycles. The third-order valence-electron chi connectivity index (χ3n) is 6.06. The van der Waals surface area contributed by atoms with Gasteiger partial charge >= 0.3 is 0 Å². The van der Waals surface area contributed by atoms with E-state index in [9.17, 15) is 9.59 Å². The molecule has 0 heterocycles. The summed E-state index contributed by atoms with van der Waals surface area (Å²) in [5.74, 6) is 0.432. The van der Waals surface area contributed by atoms with Gasteiger partial charge in [0.15, 0.2) is 0 Å². The molecule has 6 heteroatoms. The molecule has 6 nitrogen and oxygen atoms in total. The van der Waals surface area contributed by atoms with Gasteiger partial charge in [-0.25, -0.2) is 0 Å². The first-order valence-corrected chi connectivity index (χ1v) is 11.4. The van der Waals surface area contributed by atoms with Gasteiger partial charge in [-0.3, -0.25) is 9.59 Å². The summed E-state index contributed by atoms with van der Waals surface area (Å²) in [6.45, 7) is 0.0869. The number of anilines is 2. The van der Waals surface area contributed by atoms with E-state index in [0.717, 1.165) is 50.0 Å². The largest absolute Gasteiger partial charge is 0.488 e. The first kappa shape index (κ1) is 21.2. The number of rotatable bonds is 8. The monoisotopic (exact) mass is 421 g/mol. The van der Waals surface area contributed by atoms with Gasteiger partial charge in [0.25, 0.3) is 5.91 Å². The second kappa shape index (κ2) is 10.3. The van der Waals surface area contributed by atoms with E-state index in [2.05, 4.69) is 16.0 Å². The van der Waals surface area contributed by atoms with Crippen molar-refractivity contribution in [3.63, 3.8) is 0 Å². The maximum Gasteiger partial charge on any atom is 0.253 e. The Morgan fingerprint density at radius 1 is 0.839 bits per heavy atom. The molecule has 2 amide bonds. The van der Waals surface area contributed by atoms with Crippen LogP contribution < -0.4 is 20.7 Å².